The molecule has 2 aromatic rings. The molecule has 2 bridgehead atoms. The Kier molecular flexibility index (Phi) is 4.69. The minimum Gasteiger partial charge on any atom is -0.508 e. The maximum absolute atomic E-state index is 13.3. The van der Waals surface area contributed by atoms with Crippen LogP contribution in [0.2, 0.25) is 10.0 Å². The molecule has 0 amide bonds. The normalized spacial score (nSPS) is 28.9. The van der Waals surface area contributed by atoms with Crippen molar-refractivity contribution in [2.24, 2.45) is 5.92 Å². The van der Waals surface area contributed by atoms with Crippen LogP contribution in [0.4, 0.5) is 0 Å². The van der Waals surface area contributed by atoms with E-state index < -0.39 is 0 Å². The third-order valence-electron chi connectivity index (χ3n) is 5.75. The Bertz CT molecular complexity index is 940. The van der Waals surface area contributed by atoms with Gasteiger partial charge >= 0.3 is 0 Å². The lowest BCUT2D eigenvalue weighted by molar-refractivity contribution is -0.124. The van der Waals surface area contributed by atoms with Crippen LogP contribution in [0.5, 0.6) is 5.75 Å². The minimum absolute atomic E-state index is 0.0965. The number of carbonyl (C=O) groups is 1. The highest BCUT2D eigenvalue weighted by Crippen LogP contribution is 2.47. The van der Waals surface area contributed by atoms with E-state index in [4.69, 9.17) is 23.2 Å². The van der Waals surface area contributed by atoms with Crippen LogP contribution in [-0.4, -0.2) is 16.4 Å². The summed E-state index contributed by atoms with van der Waals surface area (Å²) in [5.74, 6) is 0.387. The number of halogens is 2. The summed E-state index contributed by atoms with van der Waals surface area (Å²) in [7, 11) is 0. The summed E-state index contributed by atoms with van der Waals surface area (Å²) in [5, 5.41) is 14.3. The summed E-state index contributed by atoms with van der Waals surface area (Å²) in [5.41, 5.74) is 2.40. The van der Waals surface area contributed by atoms with Gasteiger partial charge < -0.3 is 10.4 Å². The number of hydrogen-bond acceptors (Lipinski definition) is 3. The molecular formula is C22H21Cl2NO2. The van der Waals surface area contributed by atoms with Crippen molar-refractivity contribution in [3.8, 4) is 5.75 Å². The monoisotopic (exact) mass is 401 g/mol. The maximum Gasteiger partial charge on any atom is 0.182 e. The second-order valence-corrected chi connectivity index (χ2v) is 8.65. The Balaban J connectivity index is 1.69. The highest BCUT2D eigenvalue weighted by Gasteiger charge is 2.47. The summed E-state index contributed by atoms with van der Waals surface area (Å²) < 4.78 is 0. The summed E-state index contributed by atoms with van der Waals surface area (Å²) >= 11 is 12.1. The van der Waals surface area contributed by atoms with Crippen LogP contribution in [0.25, 0.3) is 6.08 Å². The molecule has 2 aliphatic rings. The first-order chi connectivity index (χ1) is 12.8. The zero-order valence-electron chi connectivity index (χ0n) is 15.0. The van der Waals surface area contributed by atoms with Crippen molar-refractivity contribution in [1.82, 2.24) is 5.32 Å². The number of allylic oxidation sites excluding steroid dienone is 1. The number of phenols is 1. The Labute approximate surface area is 169 Å². The van der Waals surface area contributed by atoms with E-state index in [0.29, 0.717) is 15.7 Å². The smallest absolute Gasteiger partial charge is 0.182 e. The number of rotatable bonds is 2. The highest BCUT2D eigenvalue weighted by atomic mass is 35.5. The van der Waals surface area contributed by atoms with Gasteiger partial charge in [0, 0.05) is 11.5 Å². The molecule has 3 nitrogen and oxygen atoms in total. The molecule has 1 heterocycles. The van der Waals surface area contributed by atoms with Gasteiger partial charge in [-0.3, -0.25) is 4.79 Å². The van der Waals surface area contributed by atoms with E-state index in [0.717, 1.165) is 30.4 Å². The van der Waals surface area contributed by atoms with Crippen LogP contribution in [0.3, 0.4) is 0 Å². The largest absolute Gasteiger partial charge is 0.508 e. The van der Waals surface area contributed by atoms with Gasteiger partial charge in [-0.15, -0.1) is 0 Å². The molecular weight excluding hydrogens is 381 g/mol. The maximum atomic E-state index is 13.3. The number of piperidine rings is 1. The van der Waals surface area contributed by atoms with Crippen molar-refractivity contribution in [2.45, 2.75) is 37.6 Å². The molecule has 5 heteroatoms. The van der Waals surface area contributed by atoms with Crippen molar-refractivity contribution in [3.05, 3.63) is 69.3 Å². The van der Waals surface area contributed by atoms with E-state index in [1.54, 1.807) is 24.3 Å². The first-order valence-electron chi connectivity index (χ1n) is 9.13. The number of fused-ring (bicyclic) bond motifs is 2. The first kappa shape index (κ1) is 18.4. The zero-order valence-corrected chi connectivity index (χ0v) is 16.5. The predicted molar refractivity (Wildman–Crippen MR) is 109 cm³/mol. The van der Waals surface area contributed by atoms with Crippen molar-refractivity contribution in [1.29, 1.82) is 0 Å². The summed E-state index contributed by atoms with van der Waals surface area (Å²) in [6, 6.07) is 12.7. The quantitative estimate of drug-likeness (QED) is 0.647. The van der Waals surface area contributed by atoms with E-state index >= 15 is 0 Å². The zero-order chi connectivity index (χ0) is 19.2. The van der Waals surface area contributed by atoms with Crippen molar-refractivity contribution < 1.29 is 9.90 Å². The number of phenolic OH excluding ortho intramolecular Hbond substituents is 1. The molecule has 3 atom stereocenters. The topological polar surface area (TPSA) is 49.3 Å². The third kappa shape index (κ3) is 3.59. The molecule has 4 rings (SSSR count). The molecule has 1 saturated heterocycles. The Morgan fingerprint density at radius 3 is 2.70 bits per heavy atom. The average molecular weight is 402 g/mol. The van der Waals surface area contributed by atoms with E-state index in [9.17, 15) is 9.90 Å². The Hall–Kier alpha value is -1.97. The van der Waals surface area contributed by atoms with Crippen LogP contribution in [0, 0.1) is 5.92 Å². The van der Waals surface area contributed by atoms with Gasteiger partial charge in [-0.25, -0.2) is 0 Å². The minimum atomic E-state index is -0.103. The third-order valence-corrected chi connectivity index (χ3v) is 6.49. The van der Waals surface area contributed by atoms with Gasteiger partial charge in [-0.1, -0.05) is 41.4 Å². The number of aromatic hydroxyl groups is 1. The lowest BCUT2D eigenvalue weighted by Crippen LogP contribution is -2.55. The summed E-state index contributed by atoms with van der Waals surface area (Å²) in [6.45, 7) is 2.17. The van der Waals surface area contributed by atoms with Gasteiger partial charge in [0.05, 0.1) is 15.7 Å². The lowest BCUT2D eigenvalue weighted by Gasteiger charge is -2.48. The molecule has 1 aliphatic heterocycles. The Morgan fingerprint density at radius 2 is 1.96 bits per heavy atom. The van der Waals surface area contributed by atoms with Gasteiger partial charge in [0.15, 0.2) is 5.78 Å². The molecule has 0 aromatic heterocycles. The molecule has 27 heavy (non-hydrogen) atoms. The lowest BCUT2D eigenvalue weighted by atomic mass is 9.64. The van der Waals surface area contributed by atoms with E-state index in [1.807, 2.05) is 24.3 Å². The highest BCUT2D eigenvalue weighted by molar-refractivity contribution is 6.42. The molecule has 0 spiro atoms. The standard InChI is InChI=1S/C22H21Cl2NO2/c1-22-8-7-16(14-3-2-4-15(26)11-14)17(12-22)21(27)20(25-22)10-13-5-6-18(23)19(24)9-13/h2-6,9-11,16-17,25-26H,7-8,12H2,1H3/b20-10-/t16-,17?,22?/m0/s1. The molecule has 2 unspecified atom stereocenters. The fourth-order valence-electron chi connectivity index (χ4n) is 4.41. The van der Waals surface area contributed by atoms with Crippen LogP contribution in [-0.2, 0) is 4.79 Å². The van der Waals surface area contributed by atoms with Crippen LogP contribution < -0.4 is 5.32 Å². The second kappa shape index (κ2) is 6.88. The molecule has 0 radical (unpaired) electrons. The number of Topliss-reactive ketones (excluding diaryl/α,β-unsaturated/α-hetero) is 1. The van der Waals surface area contributed by atoms with Gasteiger partial charge in [-0.2, -0.15) is 0 Å². The van der Waals surface area contributed by atoms with Gasteiger partial charge in [0.1, 0.15) is 5.75 Å². The average Bonchev–Trinajstić information content (AvgIpc) is 2.62. The Morgan fingerprint density at radius 1 is 1.15 bits per heavy atom. The molecule has 1 aliphatic carbocycles. The van der Waals surface area contributed by atoms with Crippen molar-refractivity contribution >= 4 is 35.1 Å². The number of carbonyl (C=O) groups excluding carboxylic acids is 1. The van der Waals surface area contributed by atoms with E-state index in [1.165, 1.54) is 0 Å². The number of nitrogens with one attached hydrogen (secondary N) is 1. The number of ketones is 1. The molecule has 1 saturated carbocycles. The molecule has 2 N–H and O–H groups in total. The van der Waals surface area contributed by atoms with Gasteiger partial charge in [0.25, 0.3) is 0 Å². The fourth-order valence-corrected chi connectivity index (χ4v) is 4.72. The summed E-state index contributed by atoms with van der Waals surface area (Å²) in [6.07, 6.45) is 4.55. The van der Waals surface area contributed by atoms with Crippen molar-refractivity contribution in [3.63, 3.8) is 0 Å². The van der Waals surface area contributed by atoms with Crippen LogP contribution in [0.1, 0.15) is 43.2 Å². The van der Waals surface area contributed by atoms with E-state index in [2.05, 4.69) is 12.2 Å². The summed E-state index contributed by atoms with van der Waals surface area (Å²) in [4.78, 5) is 13.3. The van der Waals surface area contributed by atoms with Gasteiger partial charge in [-0.05, 0) is 73.6 Å². The molecule has 140 valence electrons. The predicted octanol–water partition coefficient (Wildman–Crippen LogP) is 5.55. The second-order valence-electron chi connectivity index (χ2n) is 7.83. The fraction of sp³-hybridized carbons (Fsp3) is 0.318. The van der Waals surface area contributed by atoms with Crippen LogP contribution >= 0.6 is 23.2 Å². The van der Waals surface area contributed by atoms with E-state index in [-0.39, 0.29) is 28.9 Å². The first-order valence-corrected chi connectivity index (χ1v) is 9.88. The van der Waals surface area contributed by atoms with Crippen molar-refractivity contribution in [2.75, 3.05) is 0 Å². The van der Waals surface area contributed by atoms with Crippen LogP contribution in [0.15, 0.2) is 48.2 Å². The van der Waals surface area contributed by atoms with Gasteiger partial charge in [0.2, 0.25) is 0 Å². The molecule has 2 aromatic carbocycles. The molecule has 2 fully saturated rings. The SMILES string of the molecule is CC12CC[C@@H](c3cccc(O)c3)C(C1)C(=O)/C(=C/c1ccc(Cl)c(Cl)c1)N2. The number of hydrogen-bond donors (Lipinski definition) is 2. The number of benzene rings is 2.